The van der Waals surface area contributed by atoms with Gasteiger partial charge in [0.05, 0.1) is 5.52 Å². The third-order valence-electron chi connectivity index (χ3n) is 3.49. The van der Waals surface area contributed by atoms with Gasteiger partial charge >= 0.3 is 0 Å². The lowest BCUT2D eigenvalue weighted by atomic mass is 9.97. The standard InChI is InChI=1S/C13H15FN2/c1-7-3-4-9(14)13-11(7)12-8(2)15-6-5-10(12)16-13/h3-4,8,15-16H,5-6H2,1-2H3/t8-/m1/s1. The van der Waals surface area contributed by atoms with Crippen molar-refractivity contribution in [2.24, 2.45) is 0 Å². The first kappa shape index (κ1) is 9.85. The maximum absolute atomic E-state index is 13.7. The summed E-state index contributed by atoms with van der Waals surface area (Å²) in [6.07, 6.45) is 0.952. The molecule has 0 bridgehead atoms. The predicted molar refractivity (Wildman–Crippen MR) is 63.1 cm³/mol. The van der Waals surface area contributed by atoms with Crippen LogP contribution in [0.1, 0.15) is 29.8 Å². The lowest BCUT2D eigenvalue weighted by molar-refractivity contribution is 0.541. The first-order valence-corrected chi connectivity index (χ1v) is 5.71. The maximum Gasteiger partial charge on any atom is 0.147 e. The van der Waals surface area contributed by atoms with Crippen molar-refractivity contribution in [1.82, 2.24) is 10.3 Å². The number of hydrogen-bond acceptors (Lipinski definition) is 1. The number of hydrogen-bond donors (Lipinski definition) is 2. The number of aromatic nitrogens is 1. The molecule has 2 nitrogen and oxygen atoms in total. The minimum atomic E-state index is -0.151. The van der Waals surface area contributed by atoms with Gasteiger partial charge in [-0.15, -0.1) is 0 Å². The number of rotatable bonds is 0. The molecule has 3 rings (SSSR count). The number of fused-ring (bicyclic) bond motifs is 3. The molecular weight excluding hydrogens is 203 g/mol. The molecule has 3 heteroatoms. The van der Waals surface area contributed by atoms with E-state index in [1.54, 1.807) is 0 Å². The molecule has 0 unspecified atom stereocenters. The van der Waals surface area contributed by atoms with Gasteiger partial charge in [0.15, 0.2) is 0 Å². The number of benzene rings is 1. The molecule has 0 amide bonds. The molecule has 2 aromatic rings. The van der Waals surface area contributed by atoms with E-state index in [0.717, 1.165) is 23.9 Å². The Balaban J connectivity index is 2.42. The molecule has 16 heavy (non-hydrogen) atoms. The summed E-state index contributed by atoms with van der Waals surface area (Å²) in [4.78, 5) is 3.24. The van der Waals surface area contributed by atoms with Gasteiger partial charge in [-0.05, 0) is 31.0 Å². The normalized spacial score (nSPS) is 20.1. The van der Waals surface area contributed by atoms with Gasteiger partial charge < -0.3 is 10.3 Å². The minimum absolute atomic E-state index is 0.151. The number of halogens is 1. The van der Waals surface area contributed by atoms with Gasteiger partial charge in [-0.3, -0.25) is 0 Å². The number of H-pyrrole nitrogens is 1. The Labute approximate surface area is 93.9 Å². The SMILES string of the molecule is Cc1ccc(F)c2[nH]c3c(c12)[C@@H](C)NCC3. The molecule has 1 atom stereocenters. The molecule has 0 saturated carbocycles. The summed E-state index contributed by atoms with van der Waals surface area (Å²) in [5.41, 5.74) is 4.25. The summed E-state index contributed by atoms with van der Waals surface area (Å²) in [5.74, 6) is -0.151. The Bertz CT molecular complexity index is 557. The number of aromatic amines is 1. The molecule has 0 saturated heterocycles. The van der Waals surface area contributed by atoms with Crippen LogP contribution in [0.5, 0.6) is 0 Å². The Morgan fingerprint density at radius 1 is 1.38 bits per heavy atom. The van der Waals surface area contributed by atoms with Crippen molar-refractivity contribution < 1.29 is 4.39 Å². The fraction of sp³-hybridized carbons (Fsp3) is 0.385. The minimum Gasteiger partial charge on any atom is -0.356 e. The zero-order valence-corrected chi connectivity index (χ0v) is 9.52. The van der Waals surface area contributed by atoms with Crippen LogP contribution in [0.4, 0.5) is 4.39 Å². The van der Waals surface area contributed by atoms with Crippen LogP contribution in [-0.4, -0.2) is 11.5 Å². The van der Waals surface area contributed by atoms with E-state index in [2.05, 4.69) is 17.2 Å². The summed E-state index contributed by atoms with van der Waals surface area (Å²) in [7, 11) is 0. The number of aryl methyl sites for hydroxylation is 1. The second-order valence-electron chi connectivity index (χ2n) is 4.56. The van der Waals surface area contributed by atoms with E-state index in [1.807, 2.05) is 13.0 Å². The molecule has 0 radical (unpaired) electrons. The van der Waals surface area contributed by atoms with Gasteiger partial charge in [0.1, 0.15) is 5.82 Å². The van der Waals surface area contributed by atoms with E-state index in [-0.39, 0.29) is 5.82 Å². The van der Waals surface area contributed by atoms with Crippen LogP contribution < -0.4 is 5.32 Å². The van der Waals surface area contributed by atoms with E-state index < -0.39 is 0 Å². The average Bonchev–Trinajstić information content (AvgIpc) is 2.65. The summed E-state index contributed by atoms with van der Waals surface area (Å²) in [6, 6.07) is 3.70. The molecule has 1 aromatic carbocycles. The molecule has 2 heterocycles. The Kier molecular flexibility index (Phi) is 2.04. The first-order valence-electron chi connectivity index (χ1n) is 5.71. The third kappa shape index (κ3) is 1.21. The van der Waals surface area contributed by atoms with Crippen LogP contribution >= 0.6 is 0 Å². The van der Waals surface area contributed by atoms with Crippen LogP contribution in [-0.2, 0) is 6.42 Å². The Hall–Kier alpha value is -1.35. The van der Waals surface area contributed by atoms with Gasteiger partial charge in [0, 0.05) is 30.1 Å². The fourth-order valence-corrected chi connectivity index (χ4v) is 2.71. The Morgan fingerprint density at radius 2 is 2.19 bits per heavy atom. The molecule has 84 valence electrons. The van der Waals surface area contributed by atoms with Crippen molar-refractivity contribution >= 4 is 10.9 Å². The Morgan fingerprint density at radius 3 is 3.00 bits per heavy atom. The highest BCUT2D eigenvalue weighted by atomic mass is 19.1. The summed E-state index contributed by atoms with van der Waals surface area (Å²) in [5, 5.41) is 4.49. The maximum atomic E-state index is 13.7. The highest BCUT2D eigenvalue weighted by Crippen LogP contribution is 2.33. The average molecular weight is 218 g/mol. The van der Waals surface area contributed by atoms with Gasteiger partial charge in [-0.25, -0.2) is 4.39 Å². The van der Waals surface area contributed by atoms with Crippen molar-refractivity contribution in [3.63, 3.8) is 0 Å². The first-order chi connectivity index (χ1) is 7.68. The van der Waals surface area contributed by atoms with Crippen LogP contribution in [0.15, 0.2) is 12.1 Å². The highest BCUT2D eigenvalue weighted by molar-refractivity contribution is 5.89. The van der Waals surface area contributed by atoms with E-state index in [0.29, 0.717) is 11.6 Å². The van der Waals surface area contributed by atoms with Crippen molar-refractivity contribution in [3.8, 4) is 0 Å². The molecule has 0 aliphatic carbocycles. The quantitative estimate of drug-likeness (QED) is 0.699. The van der Waals surface area contributed by atoms with Gasteiger partial charge in [-0.2, -0.15) is 0 Å². The van der Waals surface area contributed by atoms with E-state index >= 15 is 0 Å². The second kappa shape index (κ2) is 3.32. The summed E-state index contributed by atoms with van der Waals surface area (Å²) in [6.45, 7) is 5.13. The van der Waals surface area contributed by atoms with Crippen LogP contribution in [0.3, 0.4) is 0 Å². The zero-order valence-electron chi connectivity index (χ0n) is 9.52. The lowest BCUT2D eigenvalue weighted by Crippen LogP contribution is -2.27. The van der Waals surface area contributed by atoms with Gasteiger partial charge in [0.25, 0.3) is 0 Å². The molecule has 1 aliphatic heterocycles. The molecule has 0 spiro atoms. The topological polar surface area (TPSA) is 27.8 Å². The van der Waals surface area contributed by atoms with E-state index in [4.69, 9.17) is 0 Å². The van der Waals surface area contributed by atoms with E-state index in [1.165, 1.54) is 17.3 Å². The molecule has 2 N–H and O–H groups in total. The van der Waals surface area contributed by atoms with Crippen LogP contribution in [0.25, 0.3) is 10.9 Å². The smallest absolute Gasteiger partial charge is 0.147 e. The van der Waals surface area contributed by atoms with Crippen molar-refractivity contribution in [3.05, 3.63) is 34.8 Å². The zero-order chi connectivity index (χ0) is 11.3. The van der Waals surface area contributed by atoms with Crippen LogP contribution in [0.2, 0.25) is 0 Å². The second-order valence-corrected chi connectivity index (χ2v) is 4.56. The molecule has 1 aromatic heterocycles. The van der Waals surface area contributed by atoms with Gasteiger partial charge in [0.2, 0.25) is 0 Å². The highest BCUT2D eigenvalue weighted by Gasteiger charge is 2.23. The molecular formula is C13H15FN2. The monoisotopic (exact) mass is 218 g/mol. The van der Waals surface area contributed by atoms with Crippen molar-refractivity contribution in [2.75, 3.05) is 6.54 Å². The predicted octanol–water partition coefficient (Wildman–Crippen LogP) is 2.82. The van der Waals surface area contributed by atoms with Crippen LogP contribution in [0, 0.1) is 12.7 Å². The summed E-state index contributed by atoms with van der Waals surface area (Å²) < 4.78 is 13.7. The van der Waals surface area contributed by atoms with E-state index in [9.17, 15) is 4.39 Å². The lowest BCUT2D eigenvalue weighted by Gasteiger charge is -2.21. The summed E-state index contributed by atoms with van der Waals surface area (Å²) >= 11 is 0. The van der Waals surface area contributed by atoms with Crippen molar-refractivity contribution in [1.29, 1.82) is 0 Å². The van der Waals surface area contributed by atoms with Crippen molar-refractivity contribution in [2.45, 2.75) is 26.3 Å². The third-order valence-corrected chi connectivity index (χ3v) is 3.49. The molecule has 1 aliphatic rings. The fourth-order valence-electron chi connectivity index (χ4n) is 2.71. The largest absolute Gasteiger partial charge is 0.356 e. The van der Waals surface area contributed by atoms with Gasteiger partial charge in [-0.1, -0.05) is 6.07 Å². The number of nitrogens with one attached hydrogen (secondary N) is 2. The molecule has 0 fully saturated rings.